The number of benzene rings is 1. The molecule has 1 aromatic carbocycles. The van der Waals surface area contributed by atoms with E-state index in [2.05, 4.69) is 4.74 Å². The van der Waals surface area contributed by atoms with Crippen molar-refractivity contribution in [1.29, 1.82) is 0 Å². The summed E-state index contributed by atoms with van der Waals surface area (Å²) in [6.45, 7) is 1.98. The van der Waals surface area contributed by atoms with Gasteiger partial charge in [0.05, 0.1) is 14.2 Å². The Morgan fingerprint density at radius 3 is 2.69 bits per heavy atom. The summed E-state index contributed by atoms with van der Waals surface area (Å²) in [5, 5.41) is 0. The van der Waals surface area contributed by atoms with Crippen LogP contribution in [0, 0.1) is 6.92 Å². The zero-order valence-electron chi connectivity index (χ0n) is 9.82. The van der Waals surface area contributed by atoms with Crippen LogP contribution in [0.1, 0.15) is 11.1 Å². The first-order chi connectivity index (χ1) is 7.58. The standard InChI is InChI=1S/C12H17NO3/c1-8-4-5-9(11(6-8)15-2)7-10(13)12(14)16-3/h4-6,10H,7,13H2,1-3H3/t10-/m0/s1. The van der Waals surface area contributed by atoms with E-state index < -0.39 is 12.0 Å². The molecule has 0 heterocycles. The van der Waals surface area contributed by atoms with E-state index in [9.17, 15) is 4.79 Å². The van der Waals surface area contributed by atoms with Crippen LogP contribution >= 0.6 is 0 Å². The van der Waals surface area contributed by atoms with E-state index in [1.807, 2.05) is 25.1 Å². The minimum Gasteiger partial charge on any atom is -0.496 e. The number of carbonyl (C=O) groups is 1. The van der Waals surface area contributed by atoms with Crippen molar-refractivity contribution in [3.8, 4) is 5.75 Å². The van der Waals surface area contributed by atoms with Crippen LogP contribution in [0.4, 0.5) is 0 Å². The quantitative estimate of drug-likeness (QED) is 0.775. The summed E-state index contributed by atoms with van der Waals surface area (Å²) < 4.78 is 9.81. The van der Waals surface area contributed by atoms with E-state index in [0.717, 1.165) is 16.9 Å². The molecule has 0 aliphatic rings. The van der Waals surface area contributed by atoms with Gasteiger partial charge in [0.1, 0.15) is 11.8 Å². The van der Waals surface area contributed by atoms with Crippen molar-refractivity contribution >= 4 is 5.97 Å². The van der Waals surface area contributed by atoms with Gasteiger partial charge in [0.15, 0.2) is 0 Å². The average molecular weight is 223 g/mol. The van der Waals surface area contributed by atoms with Gasteiger partial charge in [0, 0.05) is 6.42 Å². The lowest BCUT2D eigenvalue weighted by Gasteiger charge is -2.13. The van der Waals surface area contributed by atoms with Gasteiger partial charge in [0.2, 0.25) is 0 Å². The molecule has 88 valence electrons. The lowest BCUT2D eigenvalue weighted by atomic mass is 10.0. The Hall–Kier alpha value is -1.55. The van der Waals surface area contributed by atoms with E-state index in [-0.39, 0.29) is 0 Å². The molecule has 4 heteroatoms. The van der Waals surface area contributed by atoms with E-state index in [1.54, 1.807) is 7.11 Å². The first kappa shape index (κ1) is 12.5. The van der Waals surface area contributed by atoms with Gasteiger partial charge in [-0.15, -0.1) is 0 Å². The van der Waals surface area contributed by atoms with Gasteiger partial charge in [-0.05, 0) is 24.1 Å². The third-order valence-corrected chi connectivity index (χ3v) is 2.39. The molecule has 1 atom stereocenters. The molecular formula is C12H17NO3. The molecule has 1 rings (SSSR count). The fourth-order valence-electron chi connectivity index (χ4n) is 1.49. The van der Waals surface area contributed by atoms with Gasteiger partial charge in [-0.25, -0.2) is 0 Å². The molecule has 0 aliphatic carbocycles. The highest BCUT2D eigenvalue weighted by atomic mass is 16.5. The Morgan fingerprint density at radius 1 is 1.44 bits per heavy atom. The lowest BCUT2D eigenvalue weighted by molar-refractivity contribution is -0.142. The maximum Gasteiger partial charge on any atom is 0.322 e. The minimum atomic E-state index is -0.651. The van der Waals surface area contributed by atoms with Crippen molar-refractivity contribution in [2.24, 2.45) is 5.73 Å². The van der Waals surface area contributed by atoms with Crippen molar-refractivity contribution < 1.29 is 14.3 Å². The summed E-state index contributed by atoms with van der Waals surface area (Å²) >= 11 is 0. The van der Waals surface area contributed by atoms with E-state index >= 15 is 0 Å². The Labute approximate surface area is 95.3 Å². The number of rotatable bonds is 4. The number of methoxy groups -OCH3 is 2. The zero-order valence-corrected chi connectivity index (χ0v) is 9.82. The molecule has 0 spiro atoms. The van der Waals surface area contributed by atoms with E-state index in [1.165, 1.54) is 7.11 Å². The topological polar surface area (TPSA) is 61.5 Å². The smallest absolute Gasteiger partial charge is 0.322 e. The Balaban J connectivity index is 2.84. The van der Waals surface area contributed by atoms with Crippen LogP contribution < -0.4 is 10.5 Å². The fraction of sp³-hybridized carbons (Fsp3) is 0.417. The van der Waals surface area contributed by atoms with Crippen molar-refractivity contribution in [3.05, 3.63) is 29.3 Å². The van der Waals surface area contributed by atoms with Gasteiger partial charge >= 0.3 is 5.97 Å². The highest BCUT2D eigenvalue weighted by Crippen LogP contribution is 2.21. The van der Waals surface area contributed by atoms with Gasteiger partial charge in [-0.2, -0.15) is 0 Å². The molecule has 4 nitrogen and oxygen atoms in total. The average Bonchev–Trinajstić information content (AvgIpc) is 2.30. The Morgan fingerprint density at radius 2 is 2.12 bits per heavy atom. The molecule has 0 amide bonds. The molecule has 0 saturated carbocycles. The maximum absolute atomic E-state index is 11.2. The van der Waals surface area contributed by atoms with Crippen molar-refractivity contribution in [2.75, 3.05) is 14.2 Å². The summed E-state index contributed by atoms with van der Waals surface area (Å²) in [4.78, 5) is 11.2. The number of carbonyl (C=O) groups excluding carboxylic acids is 1. The number of esters is 1. The number of hydrogen-bond acceptors (Lipinski definition) is 4. The van der Waals surface area contributed by atoms with Crippen LogP contribution in [-0.2, 0) is 16.0 Å². The molecule has 0 saturated heterocycles. The van der Waals surface area contributed by atoms with Gasteiger partial charge in [-0.3, -0.25) is 4.79 Å². The molecular weight excluding hydrogens is 206 g/mol. The second-order valence-electron chi connectivity index (χ2n) is 3.65. The molecule has 0 aromatic heterocycles. The molecule has 1 aromatic rings. The molecule has 0 bridgehead atoms. The molecule has 0 unspecified atom stereocenters. The van der Waals surface area contributed by atoms with Crippen LogP contribution in [0.2, 0.25) is 0 Å². The molecule has 0 radical (unpaired) electrons. The third-order valence-electron chi connectivity index (χ3n) is 2.39. The molecule has 0 aliphatic heterocycles. The normalized spacial score (nSPS) is 12.0. The number of aryl methyl sites for hydroxylation is 1. The number of hydrogen-bond donors (Lipinski definition) is 1. The minimum absolute atomic E-state index is 0.413. The summed E-state index contributed by atoms with van der Waals surface area (Å²) in [7, 11) is 2.93. The summed E-state index contributed by atoms with van der Waals surface area (Å²) in [5.74, 6) is 0.335. The van der Waals surface area contributed by atoms with Crippen LogP contribution in [0.3, 0.4) is 0 Å². The SMILES string of the molecule is COC(=O)[C@@H](N)Cc1ccc(C)cc1OC. The van der Waals surface area contributed by atoms with E-state index in [0.29, 0.717) is 6.42 Å². The monoisotopic (exact) mass is 223 g/mol. The fourth-order valence-corrected chi connectivity index (χ4v) is 1.49. The first-order valence-electron chi connectivity index (χ1n) is 5.05. The van der Waals surface area contributed by atoms with Crippen molar-refractivity contribution in [2.45, 2.75) is 19.4 Å². The Kier molecular flexibility index (Phi) is 4.31. The van der Waals surface area contributed by atoms with Crippen molar-refractivity contribution in [1.82, 2.24) is 0 Å². The zero-order chi connectivity index (χ0) is 12.1. The highest BCUT2D eigenvalue weighted by molar-refractivity contribution is 5.75. The van der Waals surface area contributed by atoms with Gasteiger partial charge in [0.25, 0.3) is 0 Å². The molecule has 16 heavy (non-hydrogen) atoms. The largest absolute Gasteiger partial charge is 0.496 e. The molecule has 0 fully saturated rings. The predicted molar refractivity (Wildman–Crippen MR) is 61.4 cm³/mol. The molecule has 2 N–H and O–H groups in total. The lowest BCUT2D eigenvalue weighted by Crippen LogP contribution is -2.33. The summed E-state index contributed by atoms with van der Waals surface area (Å²) in [5.41, 5.74) is 7.70. The highest BCUT2D eigenvalue weighted by Gasteiger charge is 2.16. The Bertz CT molecular complexity index is 377. The van der Waals surface area contributed by atoms with Crippen LogP contribution in [0.15, 0.2) is 18.2 Å². The van der Waals surface area contributed by atoms with Crippen molar-refractivity contribution in [3.63, 3.8) is 0 Å². The second-order valence-corrected chi connectivity index (χ2v) is 3.65. The third kappa shape index (κ3) is 2.97. The first-order valence-corrected chi connectivity index (χ1v) is 5.05. The second kappa shape index (κ2) is 5.51. The summed E-state index contributed by atoms with van der Waals surface area (Å²) in [6, 6.07) is 5.14. The summed E-state index contributed by atoms with van der Waals surface area (Å²) in [6.07, 6.45) is 0.413. The van der Waals surface area contributed by atoms with Crippen LogP contribution in [-0.4, -0.2) is 26.2 Å². The number of nitrogens with two attached hydrogens (primary N) is 1. The van der Waals surface area contributed by atoms with Crippen LogP contribution in [0.5, 0.6) is 5.75 Å². The maximum atomic E-state index is 11.2. The number of ether oxygens (including phenoxy) is 2. The van der Waals surface area contributed by atoms with Gasteiger partial charge < -0.3 is 15.2 Å². The van der Waals surface area contributed by atoms with E-state index in [4.69, 9.17) is 10.5 Å². The van der Waals surface area contributed by atoms with Gasteiger partial charge in [-0.1, -0.05) is 12.1 Å². The van der Waals surface area contributed by atoms with Crippen LogP contribution in [0.25, 0.3) is 0 Å². The predicted octanol–water partition coefficient (Wildman–Crippen LogP) is 1.05.